The SMILES string of the molecule is CCN[C@H](C)CNC(=O)c1ccc(SCc2csc(C)n2)cc1. The number of thiazole rings is 1. The van der Waals surface area contributed by atoms with Crippen LogP contribution in [-0.4, -0.2) is 30.0 Å². The fourth-order valence-electron chi connectivity index (χ4n) is 2.10. The van der Waals surface area contributed by atoms with Crippen molar-refractivity contribution in [3.05, 3.63) is 45.9 Å². The third-order valence-electron chi connectivity index (χ3n) is 3.29. The van der Waals surface area contributed by atoms with Gasteiger partial charge >= 0.3 is 0 Å². The number of carbonyl (C=O) groups is 1. The predicted octanol–water partition coefficient (Wildman–Crippen LogP) is 3.47. The molecule has 23 heavy (non-hydrogen) atoms. The second kappa shape index (κ2) is 9.05. The molecule has 0 aliphatic rings. The first-order chi connectivity index (χ1) is 11.1. The molecule has 1 amide bonds. The first-order valence-corrected chi connectivity index (χ1v) is 9.60. The number of hydrogen-bond acceptors (Lipinski definition) is 5. The number of hydrogen-bond donors (Lipinski definition) is 2. The normalized spacial score (nSPS) is 12.1. The van der Waals surface area contributed by atoms with Crippen molar-refractivity contribution in [2.24, 2.45) is 0 Å². The lowest BCUT2D eigenvalue weighted by atomic mass is 10.2. The van der Waals surface area contributed by atoms with Crippen LogP contribution in [0.25, 0.3) is 0 Å². The molecule has 2 N–H and O–H groups in total. The Labute approximate surface area is 146 Å². The average molecular weight is 350 g/mol. The summed E-state index contributed by atoms with van der Waals surface area (Å²) in [5, 5.41) is 9.41. The van der Waals surface area contributed by atoms with E-state index in [4.69, 9.17) is 0 Å². The van der Waals surface area contributed by atoms with Gasteiger partial charge in [-0.15, -0.1) is 23.1 Å². The van der Waals surface area contributed by atoms with Crippen LogP contribution in [0.2, 0.25) is 0 Å². The van der Waals surface area contributed by atoms with Gasteiger partial charge in [0.2, 0.25) is 0 Å². The molecule has 0 bridgehead atoms. The number of carbonyl (C=O) groups excluding carboxylic acids is 1. The predicted molar refractivity (Wildman–Crippen MR) is 98.3 cm³/mol. The molecule has 1 aromatic carbocycles. The first kappa shape index (κ1) is 18.0. The third kappa shape index (κ3) is 5.97. The number of benzene rings is 1. The summed E-state index contributed by atoms with van der Waals surface area (Å²) in [6, 6.07) is 8.02. The van der Waals surface area contributed by atoms with Crippen LogP contribution in [0, 0.1) is 6.92 Å². The van der Waals surface area contributed by atoms with Crippen LogP contribution < -0.4 is 10.6 Å². The van der Waals surface area contributed by atoms with E-state index in [0.717, 1.165) is 27.9 Å². The number of rotatable bonds is 8. The van der Waals surface area contributed by atoms with Gasteiger partial charge in [0.25, 0.3) is 5.91 Å². The van der Waals surface area contributed by atoms with Crippen LogP contribution in [0.15, 0.2) is 34.5 Å². The Morgan fingerprint density at radius 3 is 2.70 bits per heavy atom. The van der Waals surface area contributed by atoms with E-state index in [-0.39, 0.29) is 11.9 Å². The smallest absolute Gasteiger partial charge is 0.251 e. The van der Waals surface area contributed by atoms with Crippen molar-refractivity contribution in [1.29, 1.82) is 0 Å². The topological polar surface area (TPSA) is 54.0 Å². The van der Waals surface area contributed by atoms with Gasteiger partial charge < -0.3 is 10.6 Å². The summed E-state index contributed by atoms with van der Waals surface area (Å²) in [5.41, 5.74) is 1.80. The molecule has 0 fully saturated rings. The van der Waals surface area contributed by atoms with E-state index in [0.29, 0.717) is 12.1 Å². The number of thioether (sulfide) groups is 1. The van der Waals surface area contributed by atoms with Gasteiger partial charge in [-0.05, 0) is 44.7 Å². The maximum absolute atomic E-state index is 12.1. The standard InChI is InChI=1S/C17H23N3OS2/c1-4-18-12(2)9-19-17(21)14-5-7-16(8-6-14)23-11-15-10-22-13(3)20-15/h5-8,10,12,18H,4,9,11H2,1-3H3,(H,19,21)/t12-/m1/s1. The summed E-state index contributed by atoms with van der Waals surface area (Å²) in [5.74, 6) is 0.831. The maximum atomic E-state index is 12.1. The Hall–Kier alpha value is -1.37. The summed E-state index contributed by atoms with van der Waals surface area (Å²) in [7, 11) is 0. The highest BCUT2D eigenvalue weighted by molar-refractivity contribution is 7.98. The second-order valence-electron chi connectivity index (χ2n) is 5.34. The maximum Gasteiger partial charge on any atom is 0.251 e. The fraction of sp³-hybridized carbons (Fsp3) is 0.412. The zero-order chi connectivity index (χ0) is 16.7. The number of aryl methyl sites for hydroxylation is 1. The van der Waals surface area contributed by atoms with E-state index in [9.17, 15) is 4.79 Å². The van der Waals surface area contributed by atoms with E-state index in [1.165, 1.54) is 0 Å². The molecule has 0 spiro atoms. The minimum atomic E-state index is -0.0265. The quantitative estimate of drug-likeness (QED) is 0.717. The Kier molecular flexibility index (Phi) is 7.08. The lowest BCUT2D eigenvalue weighted by molar-refractivity contribution is 0.0950. The summed E-state index contributed by atoms with van der Waals surface area (Å²) in [6.07, 6.45) is 0. The number of aromatic nitrogens is 1. The van der Waals surface area contributed by atoms with Crippen molar-refractivity contribution in [1.82, 2.24) is 15.6 Å². The Morgan fingerprint density at radius 2 is 2.09 bits per heavy atom. The molecule has 1 heterocycles. The summed E-state index contributed by atoms with van der Waals surface area (Å²) in [4.78, 5) is 17.7. The van der Waals surface area contributed by atoms with Crippen LogP contribution in [0.4, 0.5) is 0 Å². The fourth-order valence-corrected chi connectivity index (χ4v) is 3.61. The molecular weight excluding hydrogens is 326 g/mol. The van der Waals surface area contributed by atoms with Crippen molar-refractivity contribution in [2.75, 3.05) is 13.1 Å². The van der Waals surface area contributed by atoms with Crippen molar-refractivity contribution in [2.45, 2.75) is 37.5 Å². The number of nitrogens with zero attached hydrogens (tertiary/aromatic N) is 1. The highest BCUT2D eigenvalue weighted by Gasteiger charge is 2.07. The van der Waals surface area contributed by atoms with Gasteiger partial charge in [0.1, 0.15) is 0 Å². The van der Waals surface area contributed by atoms with E-state index in [1.54, 1.807) is 23.1 Å². The lowest BCUT2D eigenvalue weighted by Gasteiger charge is -2.13. The van der Waals surface area contributed by atoms with Crippen LogP contribution >= 0.6 is 23.1 Å². The van der Waals surface area contributed by atoms with Crippen molar-refractivity contribution < 1.29 is 4.79 Å². The van der Waals surface area contributed by atoms with Crippen LogP contribution in [0.1, 0.15) is 34.9 Å². The molecule has 2 aromatic rings. The van der Waals surface area contributed by atoms with E-state index in [2.05, 4.69) is 34.8 Å². The second-order valence-corrected chi connectivity index (χ2v) is 7.45. The summed E-state index contributed by atoms with van der Waals surface area (Å²) in [6.45, 7) is 7.67. The van der Waals surface area contributed by atoms with Crippen LogP contribution in [-0.2, 0) is 5.75 Å². The molecule has 0 saturated heterocycles. The number of likely N-dealkylation sites (N-methyl/N-ethyl adjacent to an activating group) is 1. The van der Waals surface area contributed by atoms with E-state index in [1.807, 2.05) is 31.2 Å². The lowest BCUT2D eigenvalue weighted by Crippen LogP contribution is -2.38. The highest BCUT2D eigenvalue weighted by atomic mass is 32.2. The average Bonchev–Trinajstić information content (AvgIpc) is 2.97. The van der Waals surface area contributed by atoms with Gasteiger partial charge in [-0.3, -0.25) is 4.79 Å². The molecule has 0 saturated carbocycles. The van der Waals surface area contributed by atoms with Gasteiger partial charge in [-0.2, -0.15) is 0 Å². The minimum absolute atomic E-state index is 0.0265. The summed E-state index contributed by atoms with van der Waals surface area (Å²) >= 11 is 3.41. The zero-order valence-corrected chi connectivity index (χ0v) is 15.4. The molecule has 0 aliphatic carbocycles. The van der Waals surface area contributed by atoms with Gasteiger partial charge in [0.15, 0.2) is 0 Å². The van der Waals surface area contributed by atoms with E-state index >= 15 is 0 Å². The molecule has 0 unspecified atom stereocenters. The monoisotopic (exact) mass is 349 g/mol. The molecule has 0 aliphatic heterocycles. The third-order valence-corrected chi connectivity index (χ3v) is 5.16. The van der Waals surface area contributed by atoms with Gasteiger partial charge in [-0.1, -0.05) is 6.92 Å². The molecule has 1 aromatic heterocycles. The summed E-state index contributed by atoms with van der Waals surface area (Å²) < 4.78 is 0. The molecule has 0 radical (unpaired) electrons. The molecule has 4 nitrogen and oxygen atoms in total. The zero-order valence-electron chi connectivity index (χ0n) is 13.8. The van der Waals surface area contributed by atoms with Crippen molar-refractivity contribution in [3.8, 4) is 0 Å². The van der Waals surface area contributed by atoms with Crippen molar-refractivity contribution >= 4 is 29.0 Å². The number of amides is 1. The minimum Gasteiger partial charge on any atom is -0.350 e. The Morgan fingerprint density at radius 1 is 1.35 bits per heavy atom. The molecule has 6 heteroatoms. The number of nitrogens with one attached hydrogen (secondary N) is 2. The molecule has 124 valence electrons. The van der Waals surface area contributed by atoms with Crippen LogP contribution in [0.3, 0.4) is 0 Å². The van der Waals surface area contributed by atoms with Crippen LogP contribution in [0.5, 0.6) is 0 Å². The Balaban J connectivity index is 1.82. The first-order valence-electron chi connectivity index (χ1n) is 7.74. The van der Waals surface area contributed by atoms with Crippen molar-refractivity contribution in [3.63, 3.8) is 0 Å². The van der Waals surface area contributed by atoms with Gasteiger partial charge in [0, 0.05) is 34.2 Å². The Bertz CT molecular complexity index is 625. The molecule has 1 atom stereocenters. The largest absolute Gasteiger partial charge is 0.350 e. The van der Waals surface area contributed by atoms with Gasteiger partial charge in [-0.25, -0.2) is 4.98 Å². The highest BCUT2D eigenvalue weighted by Crippen LogP contribution is 2.23. The van der Waals surface area contributed by atoms with E-state index < -0.39 is 0 Å². The molecular formula is C17H23N3OS2. The molecule has 2 rings (SSSR count). The van der Waals surface area contributed by atoms with Gasteiger partial charge in [0.05, 0.1) is 10.7 Å².